The molecule has 0 radical (unpaired) electrons. The molecule has 0 aliphatic heterocycles. The average Bonchev–Trinajstić information content (AvgIpc) is 2.49. The fraction of sp³-hybridized carbons (Fsp3) is 0.350. The SMILES string of the molecule is Cc1ccc(NC(=S)NC(C)c2ccc(C(C)(C)C)cc2)cc1. The first kappa shape index (κ1) is 17.5. The minimum Gasteiger partial charge on any atom is -0.356 e. The Morgan fingerprint density at radius 3 is 2.04 bits per heavy atom. The summed E-state index contributed by atoms with van der Waals surface area (Å²) in [5, 5.41) is 7.20. The highest BCUT2D eigenvalue weighted by atomic mass is 32.1. The van der Waals surface area contributed by atoms with Crippen LogP contribution >= 0.6 is 12.2 Å². The monoisotopic (exact) mass is 326 g/mol. The molecule has 0 aliphatic rings. The smallest absolute Gasteiger partial charge is 0.171 e. The maximum Gasteiger partial charge on any atom is 0.171 e. The van der Waals surface area contributed by atoms with Crippen molar-refractivity contribution in [3.8, 4) is 0 Å². The second kappa shape index (κ2) is 7.14. The molecule has 2 nitrogen and oxygen atoms in total. The zero-order chi connectivity index (χ0) is 17.0. The van der Waals surface area contributed by atoms with Gasteiger partial charge in [0.1, 0.15) is 0 Å². The van der Waals surface area contributed by atoms with Gasteiger partial charge in [-0.3, -0.25) is 0 Å². The molecule has 0 aliphatic carbocycles. The molecule has 0 saturated carbocycles. The second-order valence-corrected chi connectivity index (χ2v) is 7.47. The van der Waals surface area contributed by atoms with Crippen LogP contribution in [0.3, 0.4) is 0 Å². The Balaban J connectivity index is 1.96. The van der Waals surface area contributed by atoms with Crippen LogP contribution in [0.15, 0.2) is 48.5 Å². The Morgan fingerprint density at radius 1 is 0.957 bits per heavy atom. The lowest BCUT2D eigenvalue weighted by molar-refractivity contribution is 0.589. The maximum atomic E-state index is 5.41. The largest absolute Gasteiger partial charge is 0.356 e. The predicted molar refractivity (Wildman–Crippen MR) is 104 cm³/mol. The lowest BCUT2D eigenvalue weighted by Crippen LogP contribution is -2.30. The molecule has 0 saturated heterocycles. The minimum absolute atomic E-state index is 0.162. The highest BCUT2D eigenvalue weighted by molar-refractivity contribution is 7.80. The molecule has 2 rings (SSSR count). The van der Waals surface area contributed by atoms with E-state index in [1.807, 2.05) is 12.1 Å². The van der Waals surface area contributed by atoms with Crippen molar-refractivity contribution in [2.24, 2.45) is 0 Å². The van der Waals surface area contributed by atoms with Crippen LogP contribution < -0.4 is 10.6 Å². The van der Waals surface area contributed by atoms with Crippen molar-refractivity contribution in [3.63, 3.8) is 0 Å². The number of thiocarbonyl (C=S) groups is 1. The second-order valence-electron chi connectivity index (χ2n) is 7.06. The highest BCUT2D eigenvalue weighted by Crippen LogP contribution is 2.24. The Labute approximate surface area is 145 Å². The summed E-state index contributed by atoms with van der Waals surface area (Å²) >= 11 is 5.41. The van der Waals surface area contributed by atoms with Crippen molar-refractivity contribution in [2.45, 2.75) is 46.1 Å². The molecule has 0 heterocycles. The summed E-state index contributed by atoms with van der Waals surface area (Å²) in [6.45, 7) is 10.9. The quantitative estimate of drug-likeness (QED) is 0.744. The van der Waals surface area contributed by atoms with Gasteiger partial charge in [0.15, 0.2) is 5.11 Å². The Bertz CT molecular complexity index is 652. The normalized spacial score (nSPS) is 12.6. The predicted octanol–water partition coefficient (Wildman–Crippen LogP) is 5.34. The van der Waals surface area contributed by atoms with Crippen LogP contribution in [0.5, 0.6) is 0 Å². The van der Waals surface area contributed by atoms with E-state index in [4.69, 9.17) is 12.2 Å². The van der Waals surface area contributed by atoms with E-state index in [1.54, 1.807) is 0 Å². The Morgan fingerprint density at radius 2 is 1.52 bits per heavy atom. The number of nitrogens with one attached hydrogen (secondary N) is 2. The van der Waals surface area contributed by atoms with Crippen LogP contribution in [-0.2, 0) is 5.41 Å². The van der Waals surface area contributed by atoms with Crippen molar-refractivity contribution < 1.29 is 0 Å². The number of anilines is 1. The first-order chi connectivity index (χ1) is 10.8. The molecule has 1 atom stereocenters. The van der Waals surface area contributed by atoms with Gasteiger partial charge in [-0.25, -0.2) is 0 Å². The summed E-state index contributed by atoms with van der Waals surface area (Å²) < 4.78 is 0. The van der Waals surface area contributed by atoms with Crippen LogP contribution in [0.2, 0.25) is 0 Å². The van der Waals surface area contributed by atoms with Crippen molar-refractivity contribution in [3.05, 3.63) is 65.2 Å². The zero-order valence-corrected chi connectivity index (χ0v) is 15.4. The van der Waals surface area contributed by atoms with Crippen LogP contribution in [0.25, 0.3) is 0 Å². The zero-order valence-electron chi connectivity index (χ0n) is 14.6. The van der Waals surface area contributed by atoms with Crippen molar-refractivity contribution in [2.75, 3.05) is 5.32 Å². The molecule has 0 amide bonds. The van der Waals surface area contributed by atoms with Gasteiger partial charge < -0.3 is 10.6 Å². The number of aryl methyl sites for hydroxylation is 1. The van der Waals surface area contributed by atoms with E-state index in [2.05, 4.69) is 81.7 Å². The molecule has 2 N–H and O–H groups in total. The van der Waals surface area contributed by atoms with Crippen LogP contribution in [0.4, 0.5) is 5.69 Å². The summed E-state index contributed by atoms with van der Waals surface area (Å²) in [7, 11) is 0. The van der Waals surface area contributed by atoms with E-state index in [0.717, 1.165) is 5.69 Å². The van der Waals surface area contributed by atoms with Gasteiger partial charge in [-0.1, -0.05) is 62.7 Å². The molecule has 0 spiro atoms. The molecule has 0 aromatic heterocycles. The molecule has 1 unspecified atom stereocenters. The summed E-state index contributed by atoms with van der Waals surface area (Å²) in [6, 6.07) is 17.1. The molecular weight excluding hydrogens is 300 g/mol. The van der Waals surface area contributed by atoms with E-state index in [9.17, 15) is 0 Å². The molecule has 0 fully saturated rings. The molecule has 0 bridgehead atoms. The standard InChI is InChI=1S/C20H26N2S/c1-14-6-12-18(13-7-14)22-19(23)21-15(2)16-8-10-17(11-9-16)20(3,4)5/h6-13,15H,1-5H3,(H2,21,22,23). The highest BCUT2D eigenvalue weighted by Gasteiger charge is 2.14. The summed E-state index contributed by atoms with van der Waals surface area (Å²) in [5.41, 5.74) is 4.99. The summed E-state index contributed by atoms with van der Waals surface area (Å²) in [4.78, 5) is 0. The summed E-state index contributed by atoms with van der Waals surface area (Å²) in [6.07, 6.45) is 0. The van der Waals surface area contributed by atoms with Gasteiger partial charge in [0.25, 0.3) is 0 Å². The number of hydrogen-bond acceptors (Lipinski definition) is 1. The van der Waals surface area contributed by atoms with E-state index in [0.29, 0.717) is 5.11 Å². The number of hydrogen-bond donors (Lipinski definition) is 2. The lowest BCUT2D eigenvalue weighted by Gasteiger charge is -2.21. The Kier molecular flexibility index (Phi) is 5.42. The fourth-order valence-electron chi connectivity index (χ4n) is 2.36. The molecule has 122 valence electrons. The topological polar surface area (TPSA) is 24.1 Å². The molecular formula is C20H26N2S. The van der Waals surface area contributed by atoms with Gasteiger partial charge in [-0.15, -0.1) is 0 Å². The van der Waals surface area contributed by atoms with Crippen molar-refractivity contribution in [1.82, 2.24) is 5.32 Å². The van der Waals surface area contributed by atoms with Crippen LogP contribution in [0, 0.1) is 6.92 Å². The van der Waals surface area contributed by atoms with Crippen LogP contribution in [0.1, 0.15) is 50.4 Å². The first-order valence-electron chi connectivity index (χ1n) is 8.00. The third-order valence-corrected chi connectivity index (χ3v) is 4.15. The molecule has 2 aromatic carbocycles. The number of benzene rings is 2. The molecule has 3 heteroatoms. The van der Waals surface area contributed by atoms with E-state index in [-0.39, 0.29) is 11.5 Å². The van der Waals surface area contributed by atoms with Gasteiger partial charge >= 0.3 is 0 Å². The van der Waals surface area contributed by atoms with Gasteiger partial charge in [0.05, 0.1) is 6.04 Å². The Hall–Kier alpha value is -1.87. The average molecular weight is 327 g/mol. The van der Waals surface area contributed by atoms with Gasteiger partial charge in [0.2, 0.25) is 0 Å². The van der Waals surface area contributed by atoms with E-state index < -0.39 is 0 Å². The third kappa shape index (κ3) is 5.07. The van der Waals surface area contributed by atoms with Gasteiger partial charge in [0, 0.05) is 5.69 Å². The third-order valence-electron chi connectivity index (χ3n) is 3.93. The minimum atomic E-state index is 0.162. The van der Waals surface area contributed by atoms with Crippen molar-refractivity contribution >= 4 is 23.0 Å². The lowest BCUT2D eigenvalue weighted by atomic mass is 9.86. The van der Waals surface area contributed by atoms with Crippen LogP contribution in [-0.4, -0.2) is 5.11 Å². The van der Waals surface area contributed by atoms with Gasteiger partial charge in [-0.05, 0) is 54.7 Å². The first-order valence-corrected chi connectivity index (χ1v) is 8.41. The maximum absolute atomic E-state index is 5.41. The molecule has 2 aromatic rings. The van der Waals surface area contributed by atoms with Gasteiger partial charge in [-0.2, -0.15) is 0 Å². The van der Waals surface area contributed by atoms with E-state index in [1.165, 1.54) is 16.7 Å². The van der Waals surface area contributed by atoms with Crippen molar-refractivity contribution in [1.29, 1.82) is 0 Å². The van der Waals surface area contributed by atoms with E-state index >= 15 is 0 Å². The fourth-order valence-corrected chi connectivity index (χ4v) is 2.65. The number of rotatable bonds is 3. The molecule has 23 heavy (non-hydrogen) atoms. The summed E-state index contributed by atoms with van der Waals surface area (Å²) in [5.74, 6) is 0.